The standard InChI is InChI=1S/C19H21N3O3/c1-25-17-10-6-5-9-16(17)21-19(24)20-12-14-11-18(23)22(13-14)15-7-3-2-4-8-15/h2-10,14H,11-13H2,1H3,(H2,20,21,24)/t14-/m1/s1. The van der Waals surface area contributed by atoms with Gasteiger partial charge in [0.15, 0.2) is 0 Å². The van der Waals surface area contributed by atoms with Gasteiger partial charge in [0.05, 0.1) is 12.8 Å². The van der Waals surface area contributed by atoms with Gasteiger partial charge in [-0.3, -0.25) is 4.79 Å². The topological polar surface area (TPSA) is 70.7 Å². The number of benzene rings is 2. The predicted octanol–water partition coefficient (Wildman–Crippen LogP) is 2.87. The summed E-state index contributed by atoms with van der Waals surface area (Å²) in [6.07, 6.45) is 0.434. The van der Waals surface area contributed by atoms with Crippen molar-refractivity contribution >= 4 is 23.3 Å². The van der Waals surface area contributed by atoms with E-state index in [1.807, 2.05) is 42.5 Å². The minimum absolute atomic E-state index is 0.0862. The highest BCUT2D eigenvalue weighted by Crippen LogP contribution is 2.25. The molecule has 3 amide bonds. The molecule has 3 rings (SSSR count). The third-order valence-corrected chi connectivity index (χ3v) is 4.18. The largest absolute Gasteiger partial charge is 0.495 e. The number of carbonyl (C=O) groups is 2. The summed E-state index contributed by atoms with van der Waals surface area (Å²) < 4.78 is 5.21. The minimum atomic E-state index is -0.310. The van der Waals surface area contributed by atoms with Crippen molar-refractivity contribution in [1.29, 1.82) is 0 Å². The Morgan fingerprint density at radius 3 is 2.64 bits per heavy atom. The molecule has 1 aliphatic heterocycles. The van der Waals surface area contributed by atoms with Crippen LogP contribution < -0.4 is 20.3 Å². The summed E-state index contributed by atoms with van der Waals surface area (Å²) in [6, 6.07) is 16.5. The van der Waals surface area contributed by atoms with Crippen molar-refractivity contribution in [3.05, 3.63) is 54.6 Å². The zero-order chi connectivity index (χ0) is 17.6. The lowest BCUT2D eigenvalue weighted by Crippen LogP contribution is -2.34. The summed E-state index contributed by atoms with van der Waals surface area (Å²) in [6.45, 7) is 1.05. The van der Waals surface area contributed by atoms with E-state index in [4.69, 9.17) is 4.74 Å². The molecule has 6 heteroatoms. The van der Waals surface area contributed by atoms with Gasteiger partial charge in [0, 0.05) is 31.1 Å². The quantitative estimate of drug-likeness (QED) is 0.880. The fourth-order valence-electron chi connectivity index (χ4n) is 2.93. The molecule has 2 aromatic rings. The Morgan fingerprint density at radius 1 is 1.16 bits per heavy atom. The number of nitrogens with zero attached hydrogens (tertiary/aromatic N) is 1. The summed E-state index contributed by atoms with van der Waals surface area (Å²) in [5.74, 6) is 0.781. The first-order chi connectivity index (χ1) is 12.2. The Bertz CT molecular complexity index is 749. The summed E-state index contributed by atoms with van der Waals surface area (Å²) in [5, 5.41) is 5.60. The van der Waals surface area contributed by atoms with Crippen LogP contribution >= 0.6 is 0 Å². The molecular weight excluding hydrogens is 318 g/mol. The molecular formula is C19H21N3O3. The highest BCUT2D eigenvalue weighted by atomic mass is 16.5. The van der Waals surface area contributed by atoms with E-state index in [1.54, 1.807) is 24.1 Å². The zero-order valence-corrected chi connectivity index (χ0v) is 14.1. The second kappa shape index (κ2) is 7.70. The van der Waals surface area contributed by atoms with Crippen LogP contribution in [-0.4, -0.2) is 32.1 Å². The van der Waals surface area contributed by atoms with Gasteiger partial charge in [0.1, 0.15) is 5.75 Å². The van der Waals surface area contributed by atoms with Crippen LogP contribution in [0.2, 0.25) is 0 Å². The number of carbonyl (C=O) groups excluding carboxylic acids is 2. The van der Waals surface area contributed by atoms with Crippen LogP contribution in [0, 0.1) is 5.92 Å². The molecule has 0 spiro atoms. The average Bonchev–Trinajstić information content (AvgIpc) is 3.02. The number of ether oxygens (including phenoxy) is 1. The van der Waals surface area contributed by atoms with Crippen molar-refractivity contribution < 1.29 is 14.3 Å². The third-order valence-electron chi connectivity index (χ3n) is 4.18. The van der Waals surface area contributed by atoms with Crippen molar-refractivity contribution in [3.63, 3.8) is 0 Å². The Balaban J connectivity index is 1.52. The van der Waals surface area contributed by atoms with E-state index in [1.165, 1.54) is 0 Å². The van der Waals surface area contributed by atoms with E-state index in [2.05, 4.69) is 10.6 Å². The second-order valence-corrected chi connectivity index (χ2v) is 5.95. The number of urea groups is 1. The van der Waals surface area contributed by atoms with E-state index >= 15 is 0 Å². The van der Waals surface area contributed by atoms with Crippen LogP contribution in [-0.2, 0) is 4.79 Å². The van der Waals surface area contributed by atoms with Crippen molar-refractivity contribution in [3.8, 4) is 5.75 Å². The zero-order valence-electron chi connectivity index (χ0n) is 14.1. The molecule has 1 aliphatic rings. The van der Waals surface area contributed by atoms with E-state index < -0.39 is 0 Å². The molecule has 1 heterocycles. The first-order valence-electron chi connectivity index (χ1n) is 8.20. The predicted molar refractivity (Wildman–Crippen MR) is 96.9 cm³/mol. The number of nitrogens with one attached hydrogen (secondary N) is 2. The molecule has 1 fully saturated rings. The molecule has 2 N–H and O–H groups in total. The van der Waals surface area contributed by atoms with Gasteiger partial charge in [-0.15, -0.1) is 0 Å². The number of methoxy groups -OCH3 is 1. The molecule has 0 aliphatic carbocycles. The fourth-order valence-corrected chi connectivity index (χ4v) is 2.93. The lowest BCUT2D eigenvalue weighted by atomic mass is 10.1. The number of hydrogen-bond acceptors (Lipinski definition) is 3. The lowest BCUT2D eigenvalue weighted by Gasteiger charge is -2.17. The molecule has 25 heavy (non-hydrogen) atoms. The molecule has 0 radical (unpaired) electrons. The maximum atomic E-state index is 12.2. The van der Waals surface area contributed by atoms with Gasteiger partial charge in [-0.05, 0) is 24.3 Å². The average molecular weight is 339 g/mol. The maximum Gasteiger partial charge on any atom is 0.319 e. The minimum Gasteiger partial charge on any atom is -0.495 e. The van der Waals surface area contributed by atoms with E-state index in [9.17, 15) is 9.59 Å². The summed E-state index contributed by atoms with van der Waals surface area (Å²) in [5.41, 5.74) is 1.50. The van der Waals surface area contributed by atoms with Crippen molar-refractivity contribution in [2.75, 3.05) is 30.4 Å². The van der Waals surface area contributed by atoms with Gasteiger partial charge in [0.2, 0.25) is 5.91 Å². The van der Waals surface area contributed by atoms with Gasteiger partial charge >= 0.3 is 6.03 Å². The SMILES string of the molecule is COc1ccccc1NC(=O)NC[C@H]1CC(=O)N(c2ccccc2)C1. The number of amides is 3. The van der Waals surface area contributed by atoms with Crippen LogP contribution in [0.5, 0.6) is 5.75 Å². The number of anilines is 2. The molecule has 0 saturated carbocycles. The van der Waals surface area contributed by atoms with E-state index in [0.717, 1.165) is 5.69 Å². The van der Waals surface area contributed by atoms with Gasteiger partial charge < -0.3 is 20.3 Å². The lowest BCUT2D eigenvalue weighted by molar-refractivity contribution is -0.117. The number of hydrogen-bond donors (Lipinski definition) is 2. The molecule has 1 atom stereocenters. The summed E-state index contributed by atoms with van der Waals surface area (Å²) in [4.78, 5) is 26.0. The first-order valence-corrected chi connectivity index (χ1v) is 8.20. The molecule has 1 saturated heterocycles. The van der Waals surface area contributed by atoms with Gasteiger partial charge in [-0.2, -0.15) is 0 Å². The normalized spacial score (nSPS) is 16.6. The molecule has 0 unspecified atom stereocenters. The molecule has 130 valence electrons. The van der Waals surface area contributed by atoms with E-state index in [-0.39, 0.29) is 17.9 Å². The number of para-hydroxylation sites is 3. The highest BCUT2D eigenvalue weighted by molar-refractivity contribution is 5.96. The fraction of sp³-hybridized carbons (Fsp3) is 0.263. The monoisotopic (exact) mass is 339 g/mol. The van der Waals surface area contributed by atoms with E-state index in [0.29, 0.717) is 30.9 Å². The van der Waals surface area contributed by atoms with Crippen LogP contribution in [0.1, 0.15) is 6.42 Å². The number of rotatable bonds is 5. The molecule has 2 aromatic carbocycles. The first kappa shape index (κ1) is 16.8. The Hall–Kier alpha value is -3.02. The Morgan fingerprint density at radius 2 is 1.88 bits per heavy atom. The maximum absolute atomic E-state index is 12.2. The van der Waals surface area contributed by atoms with Crippen molar-refractivity contribution in [1.82, 2.24) is 5.32 Å². The molecule has 0 bridgehead atoms. The third kappa shape index (κ3) is 4.09. The Labute approximate surface area is 146 Å². The smallest absolute Gasteiger partial charge is 0.319 e. The van der Waals surface area contributed by atoms with Gasteiger partial charge in [0.25, 0.3) is 0 Å². The highest BCUT2D eigenvalue weighted by Gasteiger charge is 2.30. The second-order valence-electron chi connectivity index (χ2n) is 5.95. The molecule has 6 nitrogen and oxygen atoms in total. The van der Waals surface area contributed by atoms with Crippen LogP contribution in [0.15, 0.2) is 54.6 Å². The summed E-state index contributed by atoms with van der Waals surface area (Å²) >= 11 is 0. The van der Waals surface area contributed by atoms with Gasteiger partial charge in [-0.1, -0.05) is 30.3 Å². The molecule has 0 aromatic heterocycles. The van der Waals surface area contributed by atoms with Crippen molar-refractivity contribution in [2.45, 2.75) is 6.42 Å². The van der Waals surface area contributed by atoms with Crippen LogP contribution in [0.3, 0.4) is 0 Å². The Kier molecular flexibility index (Phi) is 5.18. The van der Waals surface area contributed by atoms with Gasteiger partial charge in [-0.25, -0.2) is 4.79 Å². The van der Waals surface area contributed by atoms with Crippen molar-refractivity contribution in [2.24, 2.45) is 5.92 Å². The van der Waals surface area contributed by atoms with Crippen LogP contribution in [0.25, 0.3) is 0 Å². The summed E-state index contributed by atoms with van der Waals surface area (Å²) in [7, 11) is 1.56. The van der Waals surface area contributed by atoms with Crippen LogP contribution in [0.4, 0.5) is 16.2 Å².